The number of halogens is 1. The maximum absolute atomic E-state index is 13.9. The van der Waals surface area contributed by atoms with Crippen molar-refractivity contribution < 1.29 is 9.18 Å². The third kappa shape index (κ3) is 3.52. The van der Waals surface area contributed by atoms with Crippen LogP contribution in [0.1, 0.15) is 38.4 Å². The average Bonchev–Trinajstić information content (AvgIpc) is 2.87. The molecule has 0 fully saturated rings. The van der Waals surface area contributed by atoms with Gasteiger partial charge in [0.05, 0.1) is 23.6 Å². The number of rotatable bonds is 4. The zero-order valence-corrected chi connectivity index (χ0v) is 15.4. The first-order valence-corrected chi connectivity index (χ1v) is 8.53. The largest absolute Gasteiger partial charge is 0.319 e. The zero-order chi connectivity index (χ0) is 18.8. The summed E-state index contributed by atoms with van der Waals surface area (Å²) in [5.74, 6) is -0.439. The van der Waals surface area contributed by atoms with E-state index >= 15 is 0 Å². The lowest BCUT2D eigenvalue weighted by Crippen LogP contribution is -2.14. The Morgan fingerprint density at radius 1 is 1.08 bits per heavy atom. The van der Waals surface area contributed by atoms with Gasteiger partial charge in [-0.3, -0.25) is 9.48 Å². The van der Waals surface area contributed by atoms with E-state index in [2.05, 4.69) is 10.4 Å². The summed E-state index contributed by atoms with van der Waals surface area (Å²) in [5, 5.41) is 7.41. The highest BCUT2D eigenvalue weighted by Gasteiger charge is 2.16. The summed E-state index contributed by atoms with van der Waals surface area (Å²) in [6.07, 6.45) is 0. The minimum absolute atomic E-state index is 0.176. The highest BCUT2D eigenvalue weighted by molar-refractivity contribution is 6.05. The molecule has 0 radical (unpaired) electrons. The molecule has 1 amide bonds. The number of carbonyl (C=O) groups is 1. The summed E-state index contributed by atoms with van der Waals surface area (Å²) in [6.45, 7) is 8.02. The topological polar surface area (TPSA) is 46.9 Å². The first-order chi connectivity index (χ1) is 12.4. The molecule has 0 saturated heterocycles. The predicted octanol–water partition coefficient (Wildman–Crippen LogP) is 4.56. The standard InChI is InChI=1S/C21H22FN3O/c1-13-9-10-17(11-14(13)2)21(26)23-20-15(3)24-25(16(20)4)12-18-7-5-6-8-19(18)22/h5-11H,12H2,1-4H3,(H,23,26). The van der Waals surface area contributed by atoms with Gasteiger partial charge in [-0.1, -0.05) is 24.3 Å². The summed E-state index contributed by atoms with van der Waals surface area (Å²) in [4.78, 5) is 12.6. The lowest BCUT2D eigenvalue weighted by molar-refractivity contribution is 0.102. The van der Waals surface area contributed by atoms with Crippen molar-refractivity contribution in [1.82, 2.24) is 9.78 Å². The average molecular weight is 351 g/mol. The van der Waals surface area contributed by atoms with Crippen molar-refractivity contribution >= 4 is 11.6 Å². The number of hydrogen-bond donors (Lipinski definition) is 1. The van der Waals surface area contributed by atoms with Crippen molar-refractivity contribution in [3.63, 3.8) is 0 Å². The van der Waals surface area contributed by atoms with E-state index in [1.807, 2.05) is 45.9 Å². The third-order valence-corrected chi connectivity index (χ3v) is 4.67. The third-order valence-electron chi connectivity index (χ3n) is 4.67. The molecular formula is C21H22FN3O. The quantitative estimate of drug-likeness (QED) is 0.749. The van der Waals surface area contributed by atoms with E-state index in [0.29, 0.717) is 29.1 Å². The Kier molecular flexibility index (Phi) is 4.89. The Labute approximate surface area is 152 Å². The van der Waals surface area contributed by atoms with Gasteiger partial charge >= 0.3 is 0 Å². The second-order valence-corrected chi connectivity index (χ2v) is 6.55. The molecule has 0 aliphatic heterocycles. The van der Waals surface area contributed by atoms with Crippen molar-refractivity contribution in [2.75, 3.05) is 5.32 Å². The molecule has 134 valence electrons. The van der Waals surface area contributed by atoms with Crippen LogP contribution in [0.15, 0.2) is 42.5 Å². The monoisotopic (exact) mass is 351 g/mol. The first kappa shape index (κ1) is 17.9. The van der Waals surface area contributed by atoms with Crippen molar-refractivity contribution in [3.8, 4) is 0 Å². The Balaban J connectivity index is 1.85. The van der Waals surface area contributed by atoms with E-state index in [1.165, 1.54) is 6.07 Å². The van der Waals surface area contributed by atoms with E-state index in [-0.39, 0.29) is 11.7 Å². The van der Waals surface area contributed by atoms with Gasteiger partial charge in [0.25, 0.3) is 5.91 Å². The van der Waals surface area contributed by atoms with Crippen LogP contribution >= 0.6 is 0 Å². The molecule has 0 aliphatic carbocycles. The molecule has 0 spiro atoms. The molecular weight excluding hydrogens is 329 g/mol. The second-order valence-electron chi connectivity index (χ2n) is 6.55. The Morgan fingerprint density at radius 2 is 1.81 bits per heavy atom. The SMILES string of the molecule is Cc1ccc(C(=O)Nc2c(C)nn(Cc3ccccc3F)c2C)cc1C. The summed E-state index contributed by atoms with van der Waals surface area (Å²) in [5.41, 5.74) is 5.55. The smallest absolute Gasteiger partial charge is 0.255 e. The van der Waals surface area contributed by atoms with Crippen LogP contribution in [-0.4, -0.2) is 15.7 Å². The van der Waals surface area contributed by atoms with Crippen LogP contribution in [-0.2, 0) is 6.54 Å². The Bertz CT molecular complexity index is 975. The summed E-state index contributed by atoms with van der Waals surface area (Å²) in [7, 11) is 0. The number of anilines is 1. The number of amides is 1. The second kappa shape index (κ2) is 7.12. The molecule has 0 unspecified atom stereocenters. The molecule has 5 heteroatoms. The first-order valence-electron chi connectivity index (χ1n) is 8.53. The van der Waals surface area contributed by atoms with Gasteiger partial charge in [0.2, 0.25) is 0 Å². The van der Waals surface area contributed by atoms with Gasteiger partial charge in [0, 0.05) is 11.1 Å². The van der Waals surface area contributed by atoms with Crippen LogP contribution in [0, 0.1) is 33.5 Å². The molecule has 1 heterocycles. The molecule has 0 atom stereocenters. The van der Waals surface area contributed by atoms with Crippen LogP contribution in [0.4, 0.5) is 10.1 Å². The molecule has 0 aliphatic rings. The summed E-state index contributed by atoms with van der Waals surface area (Å²) in [6, 6.07) is 12.3. The lowest BCUT2D eigenvalue weighted by atomic mass is 10.1. The highest BCUT2D eigenvalue weighted by atomic mass is 19.1. The van der Waals surface area contributed by atoms with Crippen molar-refractivity contribution in [1.29, 1.82) is 0 Å². The highest BCUT2D eigenvalue weighted by Crippen LogP contribution is 2.22. The predicted molar refractivity (Wildman–Crippen MR) is 101 cm³/mol. The normalized spacial score (nSPS) is 10.8. The van der Waals surface area contributed by atoms with E-state index < -0.39 is 0 Å². The molecule has 4 nitrogen and oxygen atoms in total. The van der Waals surface area contributed by atoms with Gasteiger partial charge in [0.1, 0.15) is 5.82 Å². The van der Waals surface area contributed by atoms with Gasteiger partial charge < -0.3 is 5.32 Å². The molecule has 1 aromatic heterocycles. The Hall–Kier alpha value is -2.95. The van der Waals surface area contributed by atoms with Crippen molar-refractivity contribution in [2.45, 2.75) is 34.2 Å². The van der Waals surface area contributed by atoms with Gasteiger partial charge in [0.15, 0.2) is 0 Å². The van der Waals surface area contributed by atoms with Crippen molar-refractivity contribution in [2.24, 2.45) is 0 Å². The van der Waals surface area contributed by atoms with Gasteiger partial charge in [-0.25, -0.2) is 4.39 Å². The number of carbonyl (C=O) groups excluding carboxylic acids is 1. The van der Waals surface area contributed by atoms with Crippen LogP contribution < -0.4 is 5.32 Å². The molecule has 0 saturated carbocycles. The minimum Gasteiger partial charge on any atom is -0.319 e. The summed E-state index contributed by atoms with van der Waals surface area (Å²) >= 11 is 0. The molecule has 3 aromatic rings. The number of nitrogens with zero attached hydrogens (tertiary/aromatic N) is 2. The van der Waals surface area contributed by atoms with Crippen LogP contribution in [0.3, 0.4) is 0 Å². The lowest BCUT2D eigenvalue weighted by Gasteiger charge is -2.09. The fraction of sp³-hybridized carbons (Fsp3) is 0.238. The number of benzene rings is 2. The van der Waals surface area contributed by atoms with Crippen LogP contribution in [0.2, 0.25) is 0 Å². The molecule has 2 aromatic carbocycles. The van der Waals surface area contributed by atoms with Gasteiger partial charge in [-0.15, -0.1) is 0 Å². The molecule has 3 rings (SSSR count). The number of hydrogen-bond acceptors (Lipinski definition) is 2. The fourth-order valence-corrected chi connectivity index (χ4v) is 2.89. The fourth-order valence-electron chi connectivity index (χ4n) is 2.89. The van der Waals surface area contributed by atoms with Crippen LogP contribution in [0.5, 0.6) is 0 Å². The number of aromatic nitrogens is 2. The molecule has 1 N–H and O–H groups in total. The molecule has 26 heavy (non-hydrogen) atoms. The van der Waals surface area contributed by atoms with E-state index in [9.17, 15) is 9.18 Å². The minimum atomic E-state index is -0.263. The molecule has 0 bridgehead atoms. The zero-order valence-electron chi connectivity index (χ0n) is 15.4. The van der Waals surface area contributed by atoms with Gasteiger partial charge in [-0.2, -0.15) is 5.10 Å². The van der Waals surface area contributed by atoms with Crippen LogP contribution in [0.25, 0.3) is 0 Å². The van der Waals surface area contributed by atoms with E-state index in [1.54, 1.807) is 22.9 Å². The van der Waals surface area contributed by atoms with E-state index in [4.69, 9.17) is 0 Å². The maximum atomic E-state index is 13.9. The van der Waals surface area contributed by atoms with Gasteiger partial charge in [-0.05, 0) is 57.0 Å². The summed E-state index contributed by atoms with van der Waals surface area (Å²) < 4.78 is 15.6. The Morgan fingerprint density at radius 3 is 2.50 bits per heavy atom. The van der Waals surface area contributed by atoms with E-state index in [0.717, 1.165) is 16.8 Å². The number of nitrogens with one attached hydrogen (secondary N) is 1. The van der Waals surface area contributed by atoms with Crippen molar-refractivity contribution in [3.05, 3.63) is 81.9 Å². The maximum Gasteiger partial charge on any atom is 0.255 e. The number of aryl methyl sites for hydroxylation is 3.